The predicted octanol–water partition coefficient (Wildman–Crippen LogP) is 3.36. The Morgan fingerprint density at radius 2 is 1.96 bits per heavy atom. The van der Waals surface area contributed by atoms with Crippen molar-refractivity contribution in [3.8, 4) is 11.3 Å². The van der Waals surface area contributed by atoms with Gasteiger partial charge in [0.05, 0.1) is 23.9 Å². The van der Waals surface area contributed by atoms with Gasteiger partial charge in [0, 0.05) is 36.9 Å². The quantitative estimate of drug-likeness (QED) is 0.562. The van der Waals surface area contributed by atoms with E-state index in [2.05, 4.69) is 29.0 Å². The van der Waals surface area contributed by atoms with Gasteiger partial charge < -0.3 is 15.0 Å². The van der Waals surface area contributed by atoms with E-state index in [9.17, 15) is 9.18 Å². The van der Waals surface area contributed by atoms with E-state index in [1.165, 1.54) is 23.5 Å². The van der Waals surface area contributed by atoms with Gasteiger partial charge >= 0.3 is 0 Å². The Bertz CT molecular complexity index is 687. The molecular formula is C20H28FN3O2S. The van der Waals surface area contributed by atoms with Crippen molar-refractivity contribution in [3.05, 3.63) is 40.5 Å². The van der Waals surface area contributed by atoms with Gasteiger partial charge in [-0.05, 0) is 37.4 Å². The summed E-state index contributed by atoms with van der Waals surface area (Å²) < 4.78 is 18.5. The molecule has 0 aliphatic rings. The monoisotopic (exact) mass is 393 g/mol. The Hall–Kier alpha value is -1.83. The molecule has 0 bridgehead atoms. The normalized spacial score (nSPS) is 11.1. The molecule has 0 radical (unpaired) electrons. The molecule has 1 aromatic heterocycles. The van der Waals surface area contributed by atoms with Gasteiger partial charge in [0.1, 0.15) is 5.82 Å². The molecule has 0 spiro atoms. The van der Waals surface area contributed by atoms with Crippen molar-refractivity contribution in [3.63, 3.8) is 0 Å². The van der Waals surface area contributed by atoms with E-state index in [1.54, 1.807) is 12.1 Å². The van der Waals surface area contributed by atoms with Crippen LogP contribution in [0, 0.1) is 5.82 Å². The molecule has 1 aromatic carbocycles. The third kappa shape index (κ3) is 7.74. The second-order valence-electron chi connectivity index (χ2n) is 6.12. The van der Waals surface area contributed by atoms with E-state index in [4.69, 9.17) is 4.74 Å². The van der Waals surface area contributed by atoms with Gasteiger partial charge in [-0.15, -0.1) is 11.3 Å². The highest BCUT2D eigenvalue weighted by Crippen LogP contribution is 2.22. The molecule has 148 valence electrons. The number of carbonyl (C=O) groups is 1. The molecule has 5 nitrogen and oxygen atoms in total. The summed E-state index contributed by atoms with van der Waals surface area (Å²) in [6, 6.07) is 6.26. The zero-order valence-electron chi connectivity index (χ0n) is 16.0. The van der Waals surface area contributed by atoms with E-state index in [-0.39, 0.29) is 11.7 Å². The van der Waals surface area contributed by atoms with Crippen molar-refractivity contribution < 1.29 is 13.9 Å². The fraction of sp³-hybridized carbons (Fsp3) is 0.500. The fourth-order valence-corrected chi connectivity index (χ4v) is 3.39. The average Bonchev–Trinajstić information content (AvgIpc) is 3.15. The summed E-state index contributed by atoms with van der Waals surface area (Å²) in [6.45, 7) is 8.97. The van der Waals surface area contributed by atoms with E-state index in [0.717, 1.165) is 35.9 Å². The number of carbonyl (C=O) groups excluding carboxylic acids is 1. The molecule has 1 amide bonds. The van der Waals surface area contributed by atoms with E-state index >= 15 is 0 Å². The lowest BCUT2D eigenvalue weighted by molar-refractivity contribution is -0.121. The highest BCUT2D eigenvalue weighted by molar-refractivity contribution is 7.09. The van der Waals surface area contributed by atoms with Crippen LogP contribution in [0.4, 0.5) is 4.39 Å². The Morgan fingerprint density at radius 3 is 2.67 bits per heavy atom. The first-order valence-corrected chi connectivity index (χ1v) is 10.3. The molecule has 2 aromatic rings. The first kappa shape index (κ1) is 21.5. The number of ether oxygens (including phenoxy) is 1. The van der Waals surface area contributed by atoms with Crippen LogP contribution in [0.25, 0.3) is 11.3 Å². The molecule has 7 heteroatoms. The van der Waals surface area contributed by atoms with Crippen molar-refractivity contribution >= 4 is 17.2 Å². The van der Waals surface area contributed by atoms with Crippen LogP contribution in [0.3, 0.4) is 0 Å². The summed E-state index contributed by atoms with van der Waals surface area (Å²) >= 11 is 1.52. The Morgan fingerprint density at radius 1 is 1.22 bits per heavy atom. The number of amides is 1. The molecule has 0 aliphatic carbocycles. The minimum absolute atomic E-state index is 0.000810. The van der Waals surface area contributed by atoms with Crippen molar-refractivity contribution in [2.75, 3.05) is 39.4 Å². The summed E-state index contributed by atoms with van der Waals surface area (Å²) in [5, 5.41) is 5.71. The Kier molecular flexibility index (Phi) is 9.38. The standard InChI is InChI=1S/C20H28FN3O2S/c1-3-24(4-2)12-14-26-13-11-22-19(25)9-10-20-23-18(15-27-20)16-5-7-17(21)8-6-16/h5-8,15H,3-4,9-14H2,1-2H3,(H,22,25). The van der Waals surface area contributed by atoms with Crippen LogP contribution in [0.1, 0.15) is 25.3 Å². The average molecular weight is 394 g/mol. The molecule has 0 unspecified atom stereocenters. The van der Waals surface area contributed by atoms with Crippen LogP contribution >= 0.6 is 11.3 Å². The Balaban J connectivity index is 1.61. The minimum Gasteiger partial charge on any atom is -0.378 e. The van der Waals surface area contributed by atoms with Crippen LogP contribution < -0.4 is 5.32 Å². The predicted molar refractivity (Wildman–Crippen MR) is 107 cm³/mol. The molecule has 1 heterocycles. The van der Waals surface area contributed by atoms with Gasteiger partial charge in [-0.3, -0.25) is 4.79 Å². The minimum atomic E-state index is -0.261. The SMILES string of the molecule is CCN(CC)CCOCCNC(=O)CCc1nc(-c2ccc(F)cc2)cs1. The van der Waals surface area contributed by atoms with E-state index in [0.29, 0.717) is 32.6 Å². The number of hydrogen-bond acceptors (Lipinski definition) is 5. The Labute approximate surface area is 164 Å². The van der Waals surface area contributed by atoms with Crippen molar-refractivity contribution in [1.29, 1.82) is 0 Å². The molecule has 0 fully saturated rings. The molecular weight excluding hydrogens is 365 g/mol. The fourth-order valence-electron chi connectivity index (χ4n) is 2.59. The number of nitrogens with zero attached hydrogens (tertiary/aromatic N) is 2. The van der Waals surface area contributed by atoms with Gasteiger partial charge in [0.2, 0.25) is 5.91 Å². The molecule has 0 aliphatic heterocycles. The lowest BCUT2D eigenvalue weighted by Gasteiger charge is -2.17. The summed E-state index contributed by atoms with van der Waals surface area (Å²) in [4.78, 5) is 18.7. The first-order valence-electron chi connectivity index (χ1n) is 9.39. The number of benzene rings is 1. The third-order valence-corrected chi connectivity index (χ3v) is 5.18. The number of likely N-dealkylation sites (N-methyl/N-ethyl adjacent to an activating group) is 1. The highest BCUT2D eigenvalue weighted by Gasteiger charge is 2.08. The van der Waals surface area contributed by atoms with Crippen LogP contribution in [0.2, 0.25) is 0 Å². The molecule has 27 heavy (non-hydrogen) atoms. The topological polar surface area (TPSA) is 54.5 Å². The number of thiazole rings is 1. The van der Waals surface area contributed by atoms with Gasteiger partial charge in [0.25, 0.3) is 0 Å². The number of halogens is 1. The van der Waals surface area contributed by atoms with Gasteiger partial charge in [0.15, 0.2) is 0 Å². The second kappa shape index (κ2) is 11.8. The number of hydrogen-bond donors (Lipinski definition) is 1. The third-order valence-electron chi connectivity index (χ3n) is 4.27. The molecule has 1 N–H and O–H groups in total. The van der Waals surface area contributed by atoms with Gasteiger partial charge in [-0.1, -0.05) is 13.8 Å². The smallest absolute Gasteiger partial charge is 0.220 e. The number of aryl methyl sites for hydroxylation is 1. The second-order valence-corrected chi connectivity index (χ2v) is 7.07. The van der Waals surface area contributed by atoms with E-state index < -0.39 is 0 Å². The largest absolute Gasteiger partial charge is 0.378 e. The van der Waals surface area contributed by atoms with Crippen LogP contribution in [0.5, 0.6) is 0 Å². The number of aromatic nitrogens is 1. The first-order chi connectivity index (χ1) is 13.1. The van der Waals surface area contributed by atoms with Crippen LogP contribution in [-0.2, 0) is 16.0 Å². The van der Waals surface area contributed by atoms with Crippen LogP contribution in [-0.4, -0.2) is 55.2 Å². The maximum atomic E-state index is 13.0. The zero-order valence-corrected chi connectivity index (χ0v) is 16.9. The maximum Gasteiger partial charge on any atom is 0.220 e. The van der Waals surface area contributed by atoms with Crippen molar-refractivity contribution in [2.45, 2.75) is 26.7 Å². The number of nitrogens with one attached hydrogen (secondary N) is 1. The van der Waals surface area contributed by atoms with E-state index in [1.807, 2.05) is 5.38 Å². The van der Waals surface area contributed by atoms with Crippen molar-refractivity contribution in [2.24, 2.45) is 0 Å². The maximum absolute atomic E-state index is 13.0. The van der Waals surface area contributed by atoms with Gasteiger partial charge in [-0.25, -0.2) is 9.37 Å². The molecule has 0 saturated heterocycles. The molecule has 0 atom stereocenters. The summed E-state index contributed by atoms with van der Waals surface area (Å²) in [6.07, 6.45) is 0.996. The zero-order chi connectivity index (χ0) is 19.5. The molecule has 0 saturated carbocycles. The molecule has 2 rings (SSSR count). The van der Waals surface area contributed by atoms with Crippen LogP contribution in [0.15, 0.2) is 29.6 Å². The summed E-state index contributed by atoms with van der Waals surface area (Å²) in [5.41, 5.74) is 1.70. The number of rotatable bonds is 12. The van der Waals surface area contributed by atoms with Gasteiger partial charge in [-0.2, -0.15) is 0 Å². The summed E-state index contributed by atoms with van der Waals surface area (Å²) in [5.74, 6) is -0.260. The highest BCUT2D eigenvalue weighted by atomic mass is 32.1. The summed E-state index contributed by atoms with van der Waals surface area (Å²) in [7, 11) is 0. The lowest BCUT2D eigenvalue weighted by atomic mass is 10.2. The van der Waals surface area contributed by atoms with Crippen molar-refractivity contribution in [1.82, 2.24) is 15.2 Å². The lowest BCUT2D eigenvalue weighted by Crippen LogP contribution is -2.30.